The highest BCUT2D eigenvalue weighted by Crippen LogP contribution is 2.25. The number of hydrogen-bond donors (Lipinski definition) is 3. The van der Waals surface area contributed by atoms with Crippen molar-refractivity contribution in [3.05, 3.63) is 59.2 Å². The quantitative estimate of drug-likeness (QED) is 0.473. The smallest absolute Gasteiger partial charge is 0.255 e. The number of nitrogens with one attached hydrogen (secondary N) is 2. The van der Waals surface area contributed by atoms with Gasteiger partial charge < -0.3 is 25.8 Å². The van der Waals surface area contributed by atoms with Gasteiger partial charge in [-0.15, -0.1) is 0 Å². The van der Waals surface area contributed by atoms with E-state index in [1.165, 1.54) is 11.1 Å². The SMILES string of the molecule is CN=C(NCCc1ccc2c(c1)CCO2)NCc1cccc(OCC(N)=O)c1. The summed E-state index contributed by atoms with van der Waals surface area (Å²) in [5.74, 6) is 1.86. The van der Waals surface area contributed by atoms with E-state index in [1.807, 2.05) is 18.2 Å². The monoisotopic (exact) mass is 382 g/mol. The molecule has 0 atom stereocenters. The normalized spacial score (nSPS) is 12.8. The molecule has 3 rings (SSSR count). The lowest BCUT2D eigenvalue weighted by Crippen LogP contribution is -2.37. The van der Waals surface area contributed by atoms with Gasteiger partial charge in [0.05, 0.1) is 6.61 Å². The number of primary amides is 1. The molecule has 1 heterocycles. The summed E-state index contributed by atoms with van der Waals surface area (Å²) in [5, 5.41) is 6.60. The number of carbonyl (C=O) groups is 1. The minimum absolute atomic E-state index is 0.130. The van der Waals surface area contributed by atoms with Gasteiger partial charge in [-0.1, -0.05) is 24.3 Å². The lowest BCUT2D eigenvalue weighted by molar-refractivity contribution is -0.119. The highest BCUT2D eigenvalue weighted by molar-refractivity contribution is 5.79. The Morgan fingerprint density at radius 2 is 2.11 bits per heavy atom. The average molecular weight is 382 g/mol. The number of nitrogens with two attached hydrogens (primary N) is 1. The summed E-state index contributed by atoms with van der Waals surface area (Å²) < 4.78 is 10.9. The lowest BCUT2D eigenvalue weighted by atomic mass is 10.1. The summed E-state index contributed by atoms with van der Waals surface area (Å²) in [6.07, 6.45) is 1.90. The second-order valence-corrected chi connectivity index (χ2v) is 6.55. The van der Waals surface area contributed by atoms with Crippen molar-refractivity contribution in [2.24, 2.45) is 10.7 Å². The van der Waals surface area contributed by atoms with Gasteiger partial charge in [-0.2, -0.15) is 0 Å². The lowest BCUT2D eigenvalue weighted by Gasteiger charge is -2.13. The van der Waals surface area contributed by atoms with Crippen molar-refractivity contribution in [3.8, 4) is 11.5 Å². The number of nitrogens with zero attached hydrogens (tertiary/aromatic N) is 1. The van der Waals surface area contributed by atoms with E-state index in [4.69, 9.17) is 15.2 Å². The van der Waals surface area contributed by atoms with Crippen LogP contribution in [0.1, 0.15) is 16.7 Å². The Kier molecular flexibility index (Phi) is 6.73. The van der Waals surface area contributed by atoms with Crippen LogP contribution in [0.4, 0.5) is 0 Å². The van der Waals surface area contributed by atoms with Crippen LogP contribution in [0.2, 0.25) is 0 Å². The van der Waals surface area contributed by atoms with Crippen LogP contribution in [0, 0.1) is 0 Å². The van der Waals surface area contributed by atoms with Gasteiger partial charge in [0, 0.05) is 26.6 Å². The molecule has 7 heteroatoms. The number of carbonyl (C=O) groups excluding carboxylic acids is 1. The fourth-order valence-electron chi connectivity index (χ4n) is 3.03. The molecule has 0 unspecified atom stereocenters. The van der Waals surface area contributed by atoms with Gasteiger partial charge in [0.1, 0.15) is 11.5 Å². The van der Waals surface area contributed by atoms with Crippen LogP contribution in [0.15, 0.2) is 47.5 Å². The van der Waals surface area contributed by atoms with Gasteiger partial charge in [0.25, 0.3) is 5.91 Å². The summed E-state index contributed by atoms with van der Waals surface area (Å²) in [6.45, 7) is 2.02. The summed E-state index contributed by atoms with van der Waals surface area (Å²) in [5.41, 5.74) is 8.69. The van der Waals surface area contributed by atoms with Crippen molar-refractivity contribution < 1.29 is 14.3 Å². The third-order valence-electron chi connectivity index (χ3n) is 4.42. The highest BCUT2D eigenvalue weighted by Gasteiger charge is 2.11. The molecule has 4 N–H and O–H groups in total. The third-order valence-corrected chi connectivity index (χ3v) is 4.42. The van der Waals surface area contributed by atoms with E-state index in [-0.39, 0.29) is 6.61 Å². The van der Waals surface area contributed by atoms with E-state index >= 15 is 0 Å². The molecular formula is C21H26N4O3. The molecular weight excluding hydrogens is 356 g/mol. The van der Waals surface area contributed by atoms with Crippen molar-refractivity contribution in [1.29, 1.82) is 0 Å². The van der Waals surface area contributed by atoms with Crippen molar-refractivity contribution in [2.75, 3.05) is 26.8 Å². The highest BCUT2D eigenvalue weighted by atomic mass is 16.5. The second-order valence-electron chi connectivity index (χ2n) is 6.55. The number of aliphatic imine (C=N–C) groups is 1. The molecule has 1 aliphatic rings. The van der Waals surface area contributed by atoms with E-state index in [0.717, 1.165) is 43.3 Å². The molecule has 28 heavy (non-hydrogen) atoms. The number of guanidine groups is 1. The zero-order chi connectivity index (χ0) is 19.8. The Balaban J connectivity index is 1.44. The molecule has 0 saturated heterocycles. The van der Waals surface area contributed by atoms with Crippen LogP contribution >= 0.6 is 0 Å². The van der Waals surface area contributed by atoms with Crippen LogP contribution in [0.5, 0.6) is 11.5 Å². The average Bonchev–Trinajstić information content (AvgIpc) is 3.17. The maximum absolute atomic E-state index is 10.8. The Labute approximate surface area is 164 Å². The minimum atomic E-state index is -0.496. The van der Waals surface area contributed by atoms with E-state index < -0.39 is 5.91 Å². The minimum Gasteiger partial charge on any atom is -0.493 e. The van der Waals surface area contributed by atoms with E-state index in [2.05, 4.69) is 33.8 Å². The molecule has 0 radical (unpaired) electrons. The van der Waals surface area contributed by atoms with E-state index in [1.54, 1.807) is 13.1 Å². The van der Waals surface area contributed by atoms with Gasteiger partial charge in [-0.3, -0.25) is 9.79 Å². The first-order valence-electron chi connectivity index (χ1n) is 9.33. The second kappa shape index (κ2) is 9.64. The maximum Gasteiger partial charge on any atom is 0.255 e. The standard InChI is InChI=1S/C21H26N4O3/c1-23-21(24-9-7-15-5-6-19-17(11-15)8-10-27-19)25-13-16-3-2-4-18(12-16)28-14-20(22)26/h2-6,11-12H,7-10,13-14H2,1H3,(H2,22,26)(H2,23,24,25). The van der Waals surface area contributed by atoms with Gasteiger partial charge in [-0.05, 0) is 41.3 Å². The molecule has 2 aromatic carbocycles. The van der Waals surface area contributed by atoms with Crippen LogP contribution in [0.25, 0.3) is 0 Å². The first kappa shape index (κ1) is 19.5. The molecule has 0 spiro atoms. The topological polar surface area (TPSA) is 98.0 Å². The van der Waals surface area contributed by atoms with Crippen LogP contribution in [-0.2, 0) is 24.2 Å². The molecule has 1 amide bonds. The summed E-state index contributed by atoms with van der Waals surface area (Å²) >= 11 is 0. The third kappa shape index (κ3) is 5.64. The molecule has 1 aliphatic heterocycles. The van der Waals surface area contributed by atoms with Crippen LogP contribution in [0.3, 0.4) is 0 Å². The number of benzene rings is 2. The van der Waals surface area contributed by atoms with Crippen molar-refractivity contribution in [3.63, 3.8) is 0 Å². The number of fused-ring (bicyclic) bond motifs is 1. The Morgan fingerprint density at radius 3 is 2.93 bits per heavy atom. The van der Waals surface area contributed by atoms with Crippen molar-refractivity contribution >= 4 is 11.9 Å². The van der Waals surface area contributed by atoms with Gasteiger partial charge in [0.2, 0.25) is 0 Å². The number of hydrogen-bond acceptors (Lipinski definition) is 4. The Morgan fingerprint density at radius 1 is 1.21 bits per heavy atom. The predicted molar refractivity (Wildman–Crippen MR) is 109 cm³/mol. The summed E-state index contributed by atoms with van der Waals surface area (Å²) in [6, 6.07) is 13.9. The van der Waals surface area contributed by atoms with Gasteiger partial charge in [-0.25, -0.2) is 0 Å². The largest absolute Gasteiger partial charge is 0.493 e. The van der Waals surface area contributed by atoms with Crippen LogP contribution in [-0.4, -0.2) is 38.7 Å². The zero-order valence-electron chi connectivity index (χ0n) is 16.0. The molecule has 0 saturated carbocycles. The zero-order valence-corrected chi connectivity index (χ0v) is 16.0. The van der Waals surface area contributed by atoms with Crippen molar-refractivity contribution in [1.82, 2.24) is 10.6 Å². The van der Waals surface area contributed by atoms with E-state index in [9.17, 15) is 4.79 Å². The first-order valence-corrected chi connectivity index (χ1v) is 9.33. The molecule has 148 valence electrons. The van der Waals surface area contributed by atoms with E-state index in [0.29, 0.717) is 12.3 Å². The van der Waals surface area contributed by atoms with Crippen molar-refractivity contribution in [2.45, 2.75) is 19.4 Å². The van der Waals surface area contributed by atoms with Gasteiger partial charge >= 0.3 is 0 Å². The number of ether oxygens (including phenoxy) is 2. The number of rotatable bonds is 8. The molecule has 0 fully saturated rings. The molecule has 0 aliphatic carbocycles. The maximum atomic E-state index is 10.8. The fraction of sp³-hybridized carbons (Fsp3) is 0.333. The first-order chi connectivity index (χ1) is 13.6. The number of amides is 1. The van der Waals surface area contributed by atoms with Crippen LogP contribution < -0.4 is 25.8 Å². The fourth-order valence-corrected chi connectivity index (χ4v) is 3.03. The summed E-state index contributed by atoms with van der Waals surface area (Å²) in [4.78, 5) is 15.1. The molecule has 7 nitrogen and oxygen atoms in total. The Hall–Kier alpha value is -3.22. The Bertz CT molecular complexity index is 851. The molecule has 0 aromatic heterocycles. The predicted octanol–water partition coefficient (Wildman–Crippen LogP) is 1.39. The molecule has 2 aromatic rings. The summed E-state index contributed by atoms with van der Waals surface area (Å²) in [7, 11) is 1.74. The van der Waals surface area contributed by atoms with Gasteiger partial charge in [0.15, 0.2) is 12.6 Å². The molecule has 0 bridgehead atoms.